The third-order valence-electron chi connectivity index (χ3n) is 4.34. The van der Waals surface area contributed by atoms with E-state index in [0.29, 0.717) is 52.7 Å². The molecule has 0 aliphatic heterocycles. The van der Waals surface area contributed by atoms with Gasteiger partial charge in [-0.2, -0.15) is 4.98 Å². The van der Waals surface area contributed by atoms with Crippen LogP contribution in [0.1, 0.15) is 12.5 Å². The van der Waals surface area contributed by atoms with Gasteiger partial charge in [-0.3, -0.25) is 4.79 Å². The largest absolute Gasteiger partial charge is 0.493 e. The van der Waals surface area contributed by atoms with Gasteiger partial charge in [-0.1, -0.05) is 6.07 Å². The molecule has 10 nitrogen and oxygen atoms in total. The van der Waals surface area contributed by atoms with Crippen molar-refractivity contribution in [2.24, 2.45) is 0 Å². The van der Waals surface area contributed by atoms with Gasteiger partial charge in [0.1, 0.15) is 11.6 Å². The molecule has 0 aliphatic carbocycles. The molecule has 0 saturated carbocycles. The highest BCUT2D eigenvalue weighted by atomic mass is 16.5. The molecule has 2 heterocycles. The van der Waals surface area contributed by atoms with Gasteiger partial charge in [-0.15, -0.1) is 0 Å². The predicted octanol–water partition coefficient (Wildman–Crippen LogP) is 3.49. The monoisotopic (exact) mass is 439 g/mol. The Labute approximate surface area is 185 Å². The third-order valence-corrected chi connectivity index (χ3v) is 4.34. The summed E-state index contributed by atoms with van der Waals surface area (Å²) in [5, 5.41) is 6.25. The minimum absolute atomic E-state index is 0.0213. The lowest BCUT2D eigenvalue weighted by atomic mass is 10.2. The van der Waals surface area contributed by atoms with Crippen LogP contribution in [0.2, 0.25) is 0 Å². The van der Waals surface area contributed by atoms with E-state index in [4.69, 9.17) is 18.9 Å². The Hall–Kier alpha value is -4.08. The van der Waals surface area contributed by atoms with Crippen molar-refractivity contribution in [2.75, 3.05) is 38.6 Å². The van der Waals surface area contributed by atoms with Crippen LogP contribution >= 0.6 is 0 Å². The number of benzene rings is 1. The second kappa shape index (κ2) is 10.8. The van der Waals surface area contributed by atoms with E-state index in [0.717, 1.165) is 0 Å². The lowest BCUT2D eigenvalue weighted by Crippen LogP contribution is -2.12. The second-order valence-corrected chi connectivity index (χ2v) is 6.43. The molecule has 3 rings (SSSR count). The molecule has 1 aromatic carbocycles. The minimum atomic E-state index is -0.370. The van der Waals surface area contributed by atoms with Crippen molar-refractivity contribution in [3.8, 4) is 17.2 Å². The molecular weight excluding hydrogens is 414 g/mol. The normalized spacial score (nSPS) is 10.2. The first-order chi connectivity index (χ1) is 15.6. The van der Waals surface area contributed by atoms with E-state index < -0.39 is 0 Å². The maximum atomic E-state index is 12.0. The molecule has 3 aromatic rings. The van der Waals surface area contributed by atoms with Crippen LogP contribution in [0.25, 0.3) is 0 Å². The highest BCUT2D eigenvalue weighted by Gasteiger charge is 2.16. The fourth-order valence-electron chi connectivity index (χ4n) is 2.91. The average molecular weight is 439 g/mol. The maximum absolute atomic E-state index is 12.0. The number of methoxy groups -OCH3 is 3. The minimum Gasteiger partial charge on any atom is -0.493 e. The van der Waals surface area contributed by atoms with Crippen molar-refractivity contribution in [1.29, 1.82) is 0 Å². The van der Waals surface area contributed by atoms with Gasteiger partial charge in [-0.05, 0) is 19.1 Å². The van der Waals surface area contributed by atoms with Crippen molar-refractivity contribution in [2.45, 2.75) is 13.3 Å². The number of carbonyl (C=O) groups is 1. The van der Waals surface area contributed by atoms with Crippen LogP contribution < -0.4 is 24.8 Å². The zero-order valence-corrected chi connectivity index (χ0v) is 18.3. The number of aromatic nitrogens is 3. The van der Waals surface area contributed by atoms with Gasteiger partial charge in [0.15, 0.2) is 11.5 Å². The molecular formula is C22H25N5O5. The first-order valence-corrected chi connectivity index (χ1v) is 9.84. The summed E-state index contributed by atoms with van der Waals surface area (Å²) in [7, 11) is 4.61. The van der Waals surface area contributed by atoms with E-state index in [1.54, 1.807) is 37.5 Å². The van der Waals surface area contributed by atoms with Crippen LogP contribution in [-0.4, -0.2) is 48.9 Å². The highest BCUT2D eigenvalue weighted by molar-refractivity contribution is 5.75. The summed E-state index contributed by atoms with van der Waals surface area (Å²) in [6.45, 7) is 2.05. The molecule has 0 saturated heterocycles. The Morgan fingerprint density at radius 3 is 2.34 bits per heavy atom. The summed E-state index contributed by atoms with van der Waals surface area (Å²) in [5.41, 5.74) is 1.20. The molecule has 0 aliphatic rings. The number of rotatable bonds is 10. The third kappa shape index (κ3) is 5.54. The van der Waals surface area contributed by atoms with Crippen LogP contribution in [-0.2, 0) is 16.0 Å². The first-order valence-electron chi connectivity index (χ1n) is 9.84. The Morgan fingerprint density at radius 2 is 1.75 bits per heavy atom. The van der Waals surface area contributed by atoms with Crippen LogP contribution in [0.3, 0.4) is 0 Å². The molecule has 0 amide bonds. The standard InChI is InChI=1S/C22H25N5O5/c1-5-32-19(28)10-14-13-24-22(27-21(14)26-18-8-6-7-9-23-18)25-15-11-16(29-2)20(31-4)17(12-15)30-3/h6-9,11-13H,5,10H2,1-4H3,(H2,23,24,25,26,27). The molecule has 32 heavy (non-hydrogen) atoms. The van der Waals surface area contributed by atoms with E-state index in [9.17, 15) is 4.79 Å². The first kappa shape index (κ1) is 22.6. The average Bonchev–Trinajstić information content (AvgIpc) is 2.81. The topological polar surface area (TPSA) is 117 Å². The van der Waals surface area contributed by atoms with Crippen LogP contribution in [0, 0.1) is 0 Å². The van der Waals surface area contributed by atoms with E-state index in [1.165, 1.54) is 21.3 Å². The van der Waals surface area contributed by atoms with E-state index in [-0.39, 0.29) is 12.4 Å². The Balaban J connectivity index is 1.93. The number of hydrogen-bond donors (Lipinski definition) is 2. The van der Waals surface area contributed by atoms with Gasteiger partial charge in [0.2, 0.25) is 11.7 Å². The molecule has 0 unspecified atom stereocenters. The summed E-state index contributed by atoms with van der Waals surface area (Å²) in [5.74, 6) is 2.39. The molecule has 2 aromatic heterocycles. The quantitative estimate of drug-likeness (QED) is 0.455. The summed E-state index contributed by atoms with van der Waals surface area (Å²) < 4.78 is 21.2. The summed E-state index contributed by atoms with van der Waals surface area (Å²) >= 11 is 0. The predicted molar refractivity (Wildman–Crippen MR) is 119 cm³/mol. The van der Waals surface area contributed by atoms with Crippen LogP contribution in [0.5, 0.6) is 17.2 Å². The van der Waals surface area contributed by atoms with Crippen molar-refractivity contribution in [1.82, 2.24) is 15.0 Å². The molecule has 2 N–H and O–H groups in total. The van der Waals surface area contributed by atoms with Gasteiger partial charge >= 0.3 is 5.97 Å². The van der Waals surface area contributed by atoms with Gasteiger partial charge < -0.3 is 29.6 Å². The second-order valence-electron chi connectivity index (χ2n) is 6.43. The Kier molecular flexibility index (Phi) is 7.63. The summed E-state index contributed by atoms with van der Waals surface area (Å²) in [4.78, 5) is 25.1. The van der Waals surface area contributed by atoms with Gasteiger partial charge in [0.25, 0.3) is 0 Å². The summed E-state index contributed by atoms with van der Waals surface area (Å²) in [6, 6.07) is 8.92. The van der Waals surface area contributed by atoms with E-state index >= 15 is 0 Å². The van der Waals surface area contributed by atoms with E-state index in [1.807, 2.05) is 12.1 Å². The molecule has 0 bridgehead atoms. The molecule has 0 radical (unpaired) electrons. The molecule has 10 heteroatoms. The zero-order chi connectivity index (χ0) is 22.9. The van der Waals surface area contributed by atoms with Gasteiger partial charge in [0.05, 0.1) is 34.4 Å². The lowest BCUT2D eigenvalue weighted by molar-refractivity contribution is -0.142. The number of hydrogen-bond acceptors (Lipinski definition) is 10. The SMILES string of the molecule is CCOC(=O)Cc1cnc(Nc2cc(OC)c(OC)c(OC)c2)nc1Nc1ccccn1. The fourth-order valence-corrected chi connectivity index (χ4v) is 2.91. The number of ether oxygens (including phenoxy) is 4. The van der Waals surface area contributed by atoms with Crippen LogP contribution in [0.4, 0.5) is 23.3 Å². The highest BCUT2D eigenvalue weighted by Crippen LogP contribution is 2.40. The summed E-state index contributed by atoms with van der Waals surface area (Å²) in [6.07, 6.45) is 3.24. The van der Waals surface area contributed by atoms with Crippen molar-refractivity contribution < 1.29 is 23.7 Å². The van der Waals surface area contributed by atoms with Gasteiger partial charge in [-0.25, -0.2) is 9.97 Å². The smallest absolute Gasteiger partial charge is 0.310 e. The number of esters is 1. The molecule has 0 spiro atoms. The zero-order valence-electron chi connectivity index (χ0n) is 18.3. The Morgan fingerprint density at radius 1 is 1.00 bits per heavy atom. The van der Waals surface area contributed by atoms with Gasteiger partial charge in [0, 0.05) is 35.8 Å². The van der Waals surface area contributed by atoms with E-state index in [2.05, 4.69) is 25.6 Å². The number of nitrogens with one attached hydrogen (secondary N) is 2. The lowest BCUT2D eigenvalue weighted by Gasteiger charge is -2.15. The number of pyridine rings is 1. The number of carbonyl (C=O) groups excluding carboxylic acids is 1. The van der Waals surface area contributed by atoms with Crippen molar-refractivity contribution in [3.05, 3.63) is 48.3 Å². The number of anilines is 4. The molecule has 168 valence electrons. The van der Waals surface area contributed by atoms with Crippen molar-refractivity contribution in [3.63, 3.8) is 0 Å². The Bertz CT molecular complexity index is 1040. The maximum Gasteiger partial charge on any atom is 0.310 e. The molecule has 0 fully saturated rings. The van der Waals surface area contributed by atoms with Crippen LogP contribution in [0.15, 0.2) is 42.7 Å². The number of nitrogens with zero attached hydrogens (tertiary/aromatic N) is 3. The molecule has 0 atom stereocenters. The fraction of sp³-hybridized carbons (Fsp3) is 0.273. The van der Waals surface area contributed by atoms with Crippen molar-refractivity contribution >= 4 is 29.2 Å².